The van der Waals surface area contributed by atoms with Crippen LogP contribution in [0.3, 0.4) is 0 Å². The molecule has 2 heterocycles. The zero-order chi connectivity index (χ0) is 24.9. The molecular formula is C27H30N2O6. The van der Waals surface area contributed by atoms with Crippen LogP contribution < -0.4 is 4.74 Å². The number of carbonyl (C=O) groups excluding carboxylic acids is 3. The number of hydrogen-bond acceptors (Lipinski definition) is 6. The molecule has 1 aromatic heterocycles. The molecule has 184 valence electrons. The summed E-state index contributed by atoms with van der Waals surface area (Å²) in [5, 5.41) is 0.793. The van der Waals surface area contributed by atoms with Gasteiger partial charge in [0.2, 0.25) is 11.7 Å². The van der Waals surface area contributed by atoms with Gasteiger partial charge in [0.05, 0.1) is 26.2 Å². The maximum absolute atomic E-state index is 13.5. The fourth-order valence-corrected chi connectivity index (χ4v) is 4.42. The number of benzene rings is 2. The van der Waals surface area contributed by atoms with Crippen LogP contribution in [0.4, 0.5) is 0 Å². The molecule has 0 radical (unpaired) electrons. The standard InChI is InChI=1S/C27H30N2O6/c1-4-34-27(32)19-12-14-29(15-13-19)23(30)17-28(2)26(31)25-24(18-8-6-5-7-9-18)21-11-10-20(33-3)16-22(21)35-25/h5-11,16,19H,4,12-15,17H2,1-3H3. The molecule has 1 saturated heterocycles. The predicted molar refractivity (Wildman–Crippen MR) is 131 cm³/mol. The van der Waals surface area contributed by atoms with Crippen molar-refractivity contribution in [2.45, 2.75) is 19.8 Å². The van der Waals surface area contributed by atoms with E-state index in [0.29, 0.717) is 49.4 Å². The average Bonchev–Trinajstić information content (AvgIpc) is 3.27. The molecule has 1 aliphatic heterocycles. The molecule has 4 rings (SSSR count). The van der Waals surface area contributed by atoms with Crippen LogP contribution in [0, 0.1) is 5.92 Å². The van der Waals surface area contributed by atoms with Gasteiger partial charge < -0.3 is 23.7 Å². The van der Waals surface area contributed by atoms with E-state index in [1.165, 1.54) is 4.90 Å². The van der Waals surface area contributed by atoms with E-state index in [2.05, 4.69) is 0 Å². The van der Waals surface area contributed by atoms with E-state index >= 15 is 0 Å². The van der Waals surface area contributed by atoms with E-state index in [1.807, 2.05) is 42.5 Å². The third-order valence-corrected chi connectivity index (χ3v) is 6.34. The van der Waals surface area contributed by atoms with Crippen LogP contribution in [0.1, 0.15) is 30.3 Å². The summed E-state index contributed by atoms with van der Waals surface area (Å²) in [5.74, 6) is -0.132. The van der Waals surface area contributed by atoms with Crippen LogP contribution in [-0.4, -0.2) is 68.0 Å². The number of likely N-dealkylation sites (N-methyl/N-ethyl adjacent to an activating group) is 1. The number of rotatable bonds is 7. The summed E-state index contributed by atoms with van der Waals surface area (Å²) in [5.41, 5.74) is 2.07. The van der Waals surface area contributed by atoms with Crippen molar-refractivity contribution in [1.29, 1.82) is 0 Å². The Bertz CT molecular complexity index is 1210. The van der Waals surface area contributed by atoms with Crippen molar-refractivity contribution in [3.8, 4) is 16.9 Å². The Hall–Kier alpha value is -3.81. The molecule has 8 nitrogen and oxygen atoms in total. The zero-order valence-electron chi connectivity index (χ0n) is 20.3. The summed E-state index contributed by atoms with van der Waals surface area (Å²) in [7, 11) is 3.16. The fourth-order valence-electron chi connectivity index (χ4n) is 4.42. The third-order valence-electron chi connectivity index (χ3n) is 6.34. The molecule has 8 heteroatoms. The number of esters is 1. The van der Waals surface area contributed by atoms with E-state index < -0.39 is 0 Å². The Morgan fingerprint density at radius 3 is 2.46 bits per heavy atom. The first kappa shape index (κ1) is 24.3. The lowest BCUT2D eigenvalue weighted by atomic mass is 9.97. The Morgan fingerprint density at radius 1 is 1.09 bits per heavy atom. The van der Waals surface area contributed by atoms with Gasteiger partial charge in [-0.2, -0.15) is 0 Å². The minimum atomic E-state index is -0.381. The highest BCUT2D eigenvalue weighted by atomic mass is 16.5. The highest BCUT2D eigenvalue weighted by Gasteiger charge is 2.30. The minimum absolute atomic E-state index is 0.0858. The maximum Gasteiger partial charge on any atom is 0.309 e. The van der Waals surface area contributed by atoms with Crippen molar-refractivity contribution < 1.29 is 28.3 Å². The van der Waals surface area contributed by atoms with Crippen LogP contribution in [0.5, 0.6) is 5.75 Å². The number of methoxy groups -OCH3 is 1. The van der Waals surface area contributed by atoms with Crippen LogP contribution >= 0.6 is 0 Å². The first-order valence-corrected chi connectivity index (χ1v) is 11.8. The molecule has 1 fully saturated rings. The molecule has 3 aromatic rings. The highest BCUT2D eigenvalue weighted by Crippen LogP contribution is 2.37. The Labute approximate surface area is 204 Å². The maximum atomic E-state index is 13.5. The van der Waals surface area contributed by atoms with E-state index in [0.717, 1.165) is 10.9 Å². The fraction of sp³-hybridized carbons (Fsp3) is 0.370. The first-order valence-electron chi connectivity index (χ1n) is 11.8. The topological polar surface area (TPSA) is 89.3 Å². The van der Waals surface area contributed by atoms with Crippen molar-refractivity contribution >= 4 is 28.8 Å². The second kappa shape index (κ2) is 10.6. The van der Waals surface area contributed by atoms with E-state index in [4.69, 9.17) is 13.9 Å². The number of ether oxygens (including phenoxy) is 2. The molecular weight excluding hydrogens is 448 g/mol. The quantitative estimate of drug-likeness (QED) is 0.477. The SMILES string of the molecule is CCOC(=O)C1CCN(C(=O)CN(C)C(=O)c2oc3cc(OC)ccc3c2-c2ccccc2)CC1. The molecule has 0 saturated carbocycles. The summed E-state index contributed by atoms with van der Waals surface area (Å²) >= 11 is 0. The van der Waals surface area contributed by atoms with Gasteiger partial charge in [0.25, 0.3) is 5.91 Å². The van der Waals surface area contributed by atoms with Gasteiger partial charge in [-0.25, -0.2) is 0 Å². The lowest BCUT2D eigenvalue weighted by Gasteiger charge is -2.32. The van der Waals surface area contributed by atoms with Crippen LogP contribution in [0.15, 0.2) is 52.9 Å². The van der Waals surface area contributed by atoms with Gasteiger partial charge in [-0.05, 0) is 37.5 Å². The molecule has 0 spiro atoms. The summed E-state index contributed by atoms with van der Waals surface area (Å²) in [6.07, 6.45) is 1.12. The lowest BCUT2D eigenvalue weighted by molar-refractivity contribution is -0.151. The molecule has 0 aliphatic carbocycles. The van der Waals surface area contributed by atoms with Crippen LogP contribution in [0.2, 0.25) is 0 Å². The van der Waals surface area contributed by atoms with Crippen molar-refractivity contribution in [2.24, 2.45) is 5.92 Å². The van der Waals surface area contributed by atoms with Crippen LogP contribution in [-0.2, 0) is 14.3 Å². The Kier molecular flexibility index (Phi) is 7.39. The zero-order valence-corrected chi connectivity index (χ0v) is 20.3. The number of carbonyl (C=O) groups is 3. The normalized spacial score (nSPS) is 14.1. The number of nitrogens with zero attached hydrogens (tertiary/aromatic N) is 2. The van der Waals surface area contributed by atoms with Gasteiger partial charge in [0.1, 0.15) is 11.3 Å². The molecule has 0 atom stereocenters. The number of amides is 2. The van der Waals surface area contributed by atoms with Gasteiger partial charge in [-0.15, -0.1) is 0 Å². The number of furan rings is 1. The molecule has 0 N–H and O–H groups in total. The molecule has 0 bridgehead atoms. The third kappa shape index (κ3) is 5.16. The van der Waals surface area contributed by atoms with Crippen LogP contribution in [0.25, 0.3) is 22.1 Å². The van der Waals surface area contributed by atoms with Gasteiger partial charge in [-0.1, -0.05) is 30.3 Å². The van der Waals surface area contributed by atoms with Gasteiger partial charge in [-0.3, -0.25) is 14.4 Å². The van der Waals surface area contributed by atoms with Crippen molar-refractivity contribution in [1.82, 2.24) is 9.80 Å². The van der Waals surface area contributed by atoms with Crippen molar-refractivity contribution in [3.05, 3.63) is 54.3 Å². The van der Waals surface area contributed by atoms with Gasteiger partial charge in [0.15, 0.2) is 0 Å². The lowest BCUT2D eigenvalue weighted by Crippen LogP contribution is -2.45. The molecule has 2 aromatic carbocycles. The second-order valence-corrected chi connectivity index (χ2v) is 8.60. The second-order valence-electron chi connectivity index (χ2n) is 8.60. The largest absolute Gasteiger partial charge is 0.497 e. The molecule has 2 amide bonds. The summed E-state index contributed by atoms with van der Waals surface area (Å²) in [6, 6.07) is 15.0. The molecule has 0 unspecified atom stereocenters. The number of fused-ring (bicyclic) bond motifs is 1. The van der Waals surface area contributed by atoms with Crippen molar-refractivity contribution in [2.75, 3.05) is 40.4 Å². The molecule has 1 aliphatic rings. The summed E-state index contributed by atoms with van der Waals surface area (Å²) in [6.45, 7) is 2.97. The minimum Gasteiger partial charge on any atom is -0.497 e. The Balaban J connectivity index is 1.52. The Morgan fingerprint density at radius 2 is 1.80 bits per heavy atom. The summed E-state index contributed by atoms with van der Waals surface area (Å²) < 4.78 is 16.4. The molecule has 35 heavy (non-hydrogen) atoms. The summed E-state index contributed by atoms with van der Waals surface area (Å²) in [4.78, 5) is 41.4. The van der Waals surface area contributed by atoms with Gasteiger partial charge in [0, 0.05) is 37.2 Å². The average molecular weight is 479 g/mol. The number of hydrogen-bond donors (Lipinski definition) is 0. The van der Waals surface area contributed by atoms with E-state index in [9.17, 15) is 14.4 Å². The number of piperidine rings is 1. The van der Waals surface area contributed by atoms with E-state index in [-0.39, 0.29) is 36.0 Å². The van der Waals surface area contributed by atoms with Gasteiger partial charge >= 0.3 is 5.97 Å². The van der Waals surface area contributed by atoms with Crippen molar-refractivity contribution in [3.63, 3.8) is 0 Å². The first-order chi connectivity index (χ1) is 16.9. The monoisotopic (exact) mass is 478 g/mol. The predicted octanol–water partition coefficient (Wildman–Crippen LogP) is 3.98. The highest BCUT2D eigenvalue weighted by molar-refractivity contribution is 6.08. The van der Waals surface area contributed by atoms with E-state index in [1.54, 1.807) is 32.0 Å². The number of likely N-dealkylation sites (tertiary alicyclic amines) is 1. The smallest absolute Gasteiger partial charge is 0.309 e.